The Balaban J connectivity index is 2.21. The van der Waals surface area contributed by atoms with E-state index in [0.717, 1.165) is 24.3 Å². The number of hydrogen-bond donors (Lipinski definition) is 1. The SMILES string of the molecule is CCNCc1ccccc1N1CCOC1=O. The summed E-state index contributed by atoms with van der Waals surface area (Å²) in [5, 5.41) is 3.26. The van der Waals surface area contributed by atoms with E-state index in [1.165, 1.54) is 0 Å². The number of ether oxygens (including phenoxy) is 1. The van der Waals surface area contributed by atoms with Gasteiger partial charge in [0.05, 0.1) is 12.2 Å². The molecule has 0 aromatic heterocycles. The number of nitrogens with zero attached hydrogens (tertiary/aromatic N) is 1. The van der Waals surface area contributed by atoms with Crippen LogP contribution in [0.3, 0.4) is 0 Å². The van der Waals surface area contributed by atoms with Crippen molar-refractivity contribution >= 4 is 11.8 Å². The summed E-state index contributed by atoms with van der Waals surface area (Å²) < 4.78 is 4.95. The molecule has 16 heavy (non-hydrogen) atoms. The van der Waals surface area contributed by atoms with Gasteiger partial charge in [0.15, 0.2) is 0 Å². The molecule has 4 heteroatoms. The Labute approximate surface area is 95.2 Å². The number of carbonyl (C=O) groups excluding carboxylic acids is 1. The monoisotopic (exact) mass is 220 g/mol. The van der Waals surface area contributed by atoms with Crippen LogP contribution in [0.4, 0.5) is 10.5 Å². The summed E-state index contributed by atoms with van der Waals surface area (Å²) in [5.74, 6) is 0. The van der Waals surface area contributed by atoms with Crippen LogP contribution in [-0.2, 0) is 11.3 Å². The summed E-state index contributed by atoms with van der Waals surface area (Å²) >= 11 is 0. The lowest BCUT2D eigenvalue weighted by molar-refractivity contribution is 0.181. The molecule has 1 aromatic carbocycles. The highest BCUT2D eigenvalue weighted by Gasteiger charge is 2.24. The first kappa shape index (κ1) is 11.0. The van der Waals surface area contributed by atoms with Crippen LogP contribution < -0.4 is 10.2 Å². The largest absolute Gasteiger partial charge is 0.447 e. The molecule has 0 bridgehead atoms. The Kier molecular flexibility index (Phi) is 3.41. The van der Waals surface area contributed by atoms with Crippen molar-refractivity contribution in [3.05, 3.63) is 29.8 Å². The molecular weight excluding hydrogens is 204 g/mol. The molecule has 86 valence electrons. The Bertz CT molecular complexity index is 379. The topological polar surface area (TPSA) is 41.6 Å². The highest BCUT2D eigenvalue weighted by atomic mass is 16.6. The molecule has 0 aliphatic carbocycles. The van der Waals surface area contributed by atoms with E-state index in [4.69, 9.17) is 4.74 Å². The van der Waals surface area contributed by atoms with Crippen molar-refractivity contribution in [1.82, 2.24) is 5.32 Å². The molecule has 1 N–H and O–H groups in total. The first-order chi connectivity index (χ1) is 7.83. The number of para-hydroxylation sites is 1. The van der Waals surface area contributed by atoms with Gasteiger partial charge in [-0.05, 0) is 18.2 Å². The van der Waals surface area contributed by atoms with Gasteiger partial charge in [-0.25, -0.2) is 4.79 Å². The van der Waals surface area contributed by atoms with Crippen LogP contribution in [0.1, 0.15) is 12.5 Å². The summed E-state index contributed by atoms with van der Waals surface area (Å²) in [4.78, 5) is 13.2. The fraction of sp³-hybridized carbons (Fsp3) is 0.417. The molecule has 2 rings (SSSR count). The van der Waals surface area contributed by atoms with Crippen LogP contribution in [-0.4, -0.2) is 25.8 Å². The summed E-state index contributed by atoms with van der Waals surface area (Å²) in [7, 11) is 0. The summed E-state index contributed by atoms with van der Waals surface area (Å²) in [6.45, 7) is 4.87. The molecule has 0 atom stereocenters. The second-order valence-electron chi connectivity index (χ2n) is 3.68. The number of carbonyl (C=O) groups is 1. The Morgan fingerprint density at radius 1 is 1.44 bits per heavy atom. The minimum absolute atomic E-state index is 0.246. The van der Waals surface area contributed by atoms with Crippen molar-refractivity contribution in [2.24, 2.45) is 0 Å². The number of hydrogen-bond acceptors (Lipinski definition) is 3. The maximum absolute atomic E-state index is 11.5. The lowest BCUT2D eigenvalue weighted by Gasteiger charge is -2.17. The first-order valence-electron chi connectivity index (χ1n) is 5.56. The van der Waals surface area contributed by atoms with E-state index in [1.807, 2.05) is 24.3 Å². The van der Waals surface area contributed by atoms with Gasteiger partial charge in [-0.2, -0.15) is 0 Å². The van der Waals surface area contributed by atoms with Crippen LogP contribution in [0.25, 0.3) is 0 Å². The second-order valence-corrected chi connectivity index (χ2v) is 3.68. The maximum Gasteiger partial charge on any atom is 0.414 e. The van der Waals surface area contributed by atoms with Crippen LogP contribution in [0, 0.1) is 0 Å². The first-order valence-corrected chi connectivity index (χ1v) is 5.56. The standard InChI is InChI=1S/C12H16N2O2/c1-2-13-9-10-5-3-4-6-11(10)14-7-8-16-12(14)15/h3-6,13H,2,7-9H2,1H3. The lowest BCUT2D eigenvalue weighted by atomic mass is 10.1. The van der Waals surface area contributed by atoms with Crippen LogP contribution in [0.5, 0.6) is 0 Å². The number of nitrogens with one attached hydrogen (secondary N) is 1. The van der Waals surface area contributed by atoms with Crippen molar-refractivity contribution in [2.45, 2.75) is 13.5 Å². The van der Waals surface area contributed by atoms with E-state index in [1.54, 1.807) is 4.90 Å². The third-order valence-electron chi connectivity index (χ3n) is 2.61. The fourth-order valence-electron chi connectivity index (χ4n) is 1.80. The summed E-state index contributed by atoms with van der Waals surface area (Å²) in [6.07, 6.45) is -0.246. The van der Waals surface area contributed by atoms with E-state index in [2.05, 4.69) is 12.2 Å². The van der Waals surface area contributed by atoms with Gasteiger partial charge in [-0.1, -0.05) is 25.1 Å². The average Bonchev–Trinajstić information content (AvgIpc) is 2.73. The molecule has 0 saturated carbocycles. The van der Waals surface area contributed by atoms with E-state index >= 15 is 0 Å². The van der Waals surface area contributed by atoms with E-state index < -0.39 is 0 Å². The lowest BCUT2D eigenvalue weighted by Crippen LogP contribution is -2.25. The molecule has 4 nitrogen and oxygen atoms in total. The molecule has 1 aromatic rings. The van der Waals surface area contributed by atoms with Crippen molar-refractivity contribution < 1.29 is 9.53 Å². The minimum Gasteiger partial charge on any atom is -0.447 e. The van der Waals surface area contributed by atoms with Gasteiger partial charge in [-0.15, -0.1) is 0 Å². The fourth-order valence-corrected chi connectivity index (χ4v) is 1.80. The van der Waals surface area contributed by atoms with Crippen molar-refractivity contribution in [1.29, 1.82) is 0 Å². The normalized spacial score (nSPS) is 15.3. The van der Waals surface area contributed by atoms with Crippen LogP contribution in [0.15, 0.2) is 24.3 Å². The van der Waals surface area contributed by atoms with Gasteiger partial charge >= 0.3 is 6.09 Å². The summed E-state index contributed by atoms with van der Waals surface area (Å²) in [5.41, 5.74) is 2.08. The number of amides is 1. The van der Waals surface area contributed by atoms with Crippen molar-refractivity contribution in [3.63, 3.8) is 0 Å². The zero-order valence-corrected chi connectivity index (χ0v) is 9.40. The number of cyclic esters (lactones) is 1. The molecule has 0 spiro atoms. The summed E-state index contributed by atoms with van der Waals surface area (Å²) in [6, 6.07) is 7.91. The van der Waals surface area contributed by atoms with Crippen molar-refractivity contribution in [3.8, 4) is 0 Å². The number of anilines is 1. The van der Waals surface area contributed by atoms with Gasteiger partial charge < -0.3 is 10.1 Å². The predicted molar refractivity (Wildman–Crippen MR) is 62.5 cm³/mol. The minimum atomic E-state index is -0.246. The van der Waals surface area contributed by atoms with Crippen molar-refractivity contribution in [2.75, 3.05) is 24.6 Å². The zero-order valence-electron chi connectivity index (χ0n) is 9.40. The van der Waals surface area contributed by atoms with E-state index in [0.29, 0.717) is 13.2 Å². The Morgan fingerprint density at radius 3 is 2.94 bits per heavy atom. The van der Waals surface area contributed by atoms with Crippen LogP contribution in [0.2, 0.25) is 0 Å². The predicted octanol–water partition coefficient (Wildman–Crippen LogP) is 1.75. The molecular formula is C12H16N2O2. The van der Waals surface area contributed by atoms with Crippen LogP contribution >= 0.6 is 0 Å². The molecule has 1 amide bonds. The Morgan fingerprint density at radius 2 is 2.25 bits per heavy atom. The van der Waals surface area contributed by atoms with Gasteiger partial charge in [0.25, 0.3) is 0 Å². The quantitative estimate of drug-likeness (QED) is 0.840. The maximum atomic E-state index is 11.5. The second kappa shape index (κ2) is 4.99. The molecule has 0 radical (unpaired) electrons. The third kappa shape index (κ3) is 2.17. The van der Waals surface area contributed by atoms with E-state index in [-0.39, 0.29) is 6.09 Å². The molecule has 1 aliphatic rings. The molecule has 1 heterocycles. The van der Waals surface area contributed by atoms with Gasteiger partial charge in [-0.3, -0.25) is 4.90 Å². The van der Waals surface area contributed by atoms with E-state index in [9.17, 15) is 4.79 Å². The molecule has 1 saturated heterocycles. The van der Waals surface area contributed by atoms with Gasteiger partial charge in [0.2, 0.25) is 0 Å². The molecule has 1 fully saturated rings. The van der Waals surface area contributed by atoms with Gasteiger partial charge in [0.1, 0.15) is 6.61 Å². The highest BCUT2D eigenvalue weighted by molar-refractivity contribution is 5.90. The third-order valence-corrected chi connectivity index (χ3v) is 2.61. The highest BCUT2D eigenvalue weighted by Crippen LogP contribution is 2.23. The molecule has 1 aliphatic heterocycles. The average molecular weight is 220 g/mol. The van der Waals surface area contributed by atoms with Gasteiger partial charge in [0, 0.05) is 6.54 Å². The smallest absolute Gasteiger partial charge is 0.414 e. The Hall–Kier alpha value is -1.55. The molecule has 0 unspecified atom stereocenters. The number of benzene rings is 1. The number of rotatable bonds is 4. The zero-order chi connectivity index (χ0) is 11.4.